The molecule has 1 aliphatic carbocycles. The van der Waals surface area contributed by atoms with Crippen LogP contribution in [0.2, 0.25) is 0 Å². The van der Waals surface area contributed by atoms with Gasteiger partial charge >= 0.3 is 5.97 Å². The molecule has 0 bridgehead atoms. The molecule has 0 unspecified atom stereocenters. The summed E-state index contributed by atoms with van der Waals surface area (Å²) < 4.78 is 11.9. The van der Waals surface area contributed by atoms with Gasteiger partial charge in [0.2, 0.25) is 5.91 Å². The largest absolute Gasteiger partial charge is 0.493 e. The Morgan fingerprint density at radius 3 is 2.76 bits per heavy atom. The first-order valence-corrected chi connectivity index (χ1v) is 12.5. The highest BCUT2D eigenvalue weighted by Crippen LogP contribution is 2.61. The van der Waals surface area contributed by atoms with E-state index in [1.165, 1.54) is 0 Å². The number of carboxylic acid groups (broad SMARTS) is 1. The van der Waals surface area contributed by atoms with Gasteiger partial charge in [-0.25, -0.2) is 0 Å². The minimum Gasteiger partial charge on any atom is -0.493 e. The molecule has 7 heteroatoms. The third kappa shape index (κ3) is 5.29. The molecule has 1 aliphatic heterocycles. The number of rotatable bonds is 9. The number of fused-ring (bicyclic) bond motifs is 2. The van der Waals surface area contributed by atoms with Crippen molar-refractivity contribution < 1.29 is 24.2 Å². The van der Waals surface area contributed by atoms with Gasteiger partial charge in [0.15, 0.2) is 0 Å². The van der Waals surface area contributed by atoms with E-state index < -0.39 is 5.97 Å². The standard InChI is InChI=1S/C30H28N2O5/c31-18-21-9-10-22(7-4-8-28(33)34)26(15-21)32-29(35)25-17-30(25)13-14-36-27-16-23(11-12-24(27)30)37-19-20-5-2-1-3-6-20/h1-3,5-6,9-12,15-16,25H,4,7-8,13-14,17,19H2,(H,32,35)(H,33,34)/t25-,30-/m0/s1. The predicted octanol–water partition coefficient (Wildman–Crippen LogP) is 5.22. The van der Waals surface area contributed by atoms with E-state index in [-0.39, 0.29) is 23.7 Å². The first-order valence-electron chi connectivity index (χ1n) is 12.5. The van der Waals surface area contributed by atoms with Gasteiger partial charge in [-0.2, -0.15) is 5.26 Å². The highest BCUT2D eigenvalue weighted by Gasteiger charge is 2.61. The van der Waals surface area contributed by atoms with E-state index in [0.29, 0.717) is 37.3 Å². The molecule has 7 nitrogen and oxygen atoms in total. The quantitative estimate of drug-likeness (QED) is 0.420. The molecule has 3 aromatic rings. The fourth-order valence-corrected chi connectivity index (χ4v) is 5.20. The van der Waals surface area contributed by atoms with Gasteiger partial charge in [0.25, 0.3) is 0 Å². The summed E-state index contributed by atoms with van der Waals surface area (Å²) in [6.45, 7) is 0.996. The van der Waals surface area contributed by atoms with E-state index in [0.717, 1.165) is 41.0 Å². The van der Waals surface area contributed by atoms with Crippen molar-refractivity contribution in [1.82, 2.24) is 0 Å². The number of nitrogens with zero attached hydrogens (tertiary/aromatic N) is 1. The SMILES string of the molecule is N#Cc1ccc(CCCC(=O)O)c(NC(=O)[C@@H]2C[C@]23CCOc2cc(OCc4ccccc4)ccc23)c1. The van der Waals surface area contributed by atoms with Crippen LogP contribution in [0.5, 0.6) is 11.5 Å². The second-order valence-corrected chi connectivity index (χ2v) is 9.66. The van der Waals surface area contributed by atoms with Crippen LogP contribution < -0.4 is 14.8 Å². The minimum atomic E-state index is -0.856. The molecule has 1 heterocycles. The summed E-state index contributed by atoms with van der Waals surface area (Å²) in [6, 6.07) is 23.1. The molecular formula is C30H28N2O5. The van der Waals surface area contributed by atoms with Crippen molar-refractivity contribution in [3.63, 3.8) is 0 Å². The Kier molecular flexibility index (Phi) is 6.82. The van der Waals surface area contributed by atoms with E-state index in [4.69, 9.17) is 14.6 Å². The molecule has 0 radical (unpaired) electrons. The Hall–Kier alpha value is -4.31. The van der Waals surface area contributed by atoms with E-state index in [9.17, 15) is 14.9 Å². The van der Waals surface area contributed by atoms with Crippen LogP contribution in [0.25, 0.3) is 0 Å². The number of nitriles is 1. The number of carboxylic acids is 1. The Morgan fingerprint density at radius 1 is 1.14 bits per heavy atom. The van der Waals surface area contributed by atoms with Crippen molar-refractivity contribution in [1.29, 1.82) is 5.26 Å². The number of anilines is 1. The average molecular weight is 497 g/mol. The van der Waals surface area contributed by atoms with Crippen LogP contribution in [-0.2, 0) is 28.0 Å². The molecule has 2 N–H and O–H groups in total. The van der Waals surface area contributed by atoms with Crippen LogP contribution in [0.3, 0.4) is 0 Å². The molecule has 2 aliphatic rings. The summed E-state index contributed by atoms with van der Waals surface area (Å²) in [4.78, 5) is 24.3. The lowest BCUT2D eigenvalue weighted by molar-refractivity contribution is -0.137. The van der Waals surface area contributed by atoms with Gasteiger partial charge in [-0.15, -0.1) is 0 Å². The van der Waals surface area contributed by atoms with Crippen LogP contribution in [0.15, 0.2) is 66.7 Å². The topological polar surface area (TPSA) is 109 Å². The van der Waals surface area contributed by atoms with Crippen LogP contribution in [0.1, 0.15) is 47.9 Å². The molecule has 1 fully saturated rings. The normalized spacial score (nSPS) is 19.3. The van der Waals surface area contributed by atoms with Gasteiger partial charge in [-0.3, -0.25) is 9.59 Å². The highest BCUT2D eigenvalue weighted by atomic mass is 16.5. The first kappa shape index (κ1) is 24.4. The third-order valence-corrected chi connectivity index (χ3v) is 7.27. The van der Waals surface area contributed by atoms with Crippen molar-refractivity contribution in [3.05, 3.63) is 89.0 Å². The summed E-state index contributed by atoms with van der Waals surface area (Å²) in [5, 5.41) is 21.3. The minimum absolute atomic E-state index is 0.0486. The Balaban J connectivity index is 1.29. The number of ether oxygens (including phenoxy) is 2. The molecule has 0 saturated heterocycles. The zero-order valence-corrected chi connectivity index (χ0v) is 20.4. The van der Waals surface area contributed by atoms with Gasteiger partial charge in [0.05, 0.1) is 18.2 Å². The summed E-state index contributed by atoms with van der Waals surface area (Å²) in [6.07, 6.45) is 2.49. The smallest absolute Gasteiger partial charge is 0.303 e. The molecule has 188 valence electrons. The lowest BCUT2D eigenvalue weighted by Crippen LogP contribution is -2.27. The third-order valence-electron chi connectivity index (χ3n) is 7.27. The fourth-order valence-electron chi connectivity index (χ4n) is 5.20. The summed E-state index contributed by atoms with van der Waals surface area (Å²) in [5.41, 5.74) is 3.69. The van der Waals surface area contributed by atoms with Crippen molar-refractivity contribution in [2.24, 2.45) is 5.92 Å². The molecule has 37 heavy (non-hydrogen) atoms. The predicted molar refractivity (Wildman–Crippen MR) is 137 cm³/mol. The maximum absolute atomic E-state index is 13.4. The second-order valence-electron chi connectivity index (χ2n) is 9.66. The van der Waals surface area contributed by atoms with E-state index in [2.05, 4.69) is 11.4 Å². The molecule has 0 aromatic heterocycles. The number of carbonyl (C=O) groups excluding carboxylic acids is 1. The zero-order valence-electron chi connectivity index (χ0n) is 20.4. The molecule has 1 spiro atoms. The van der Waals surface area contributed by atoms with E-state index in [1.54, 1.807) is 18.2 Å². The number of carbonyl (C=O) groups is 2. The van der Waals surface area contributed by atoms with Gasteiger partial charge in [0.1, 0.15) is 18.1 Å². The average Bonchev–Trinajstić information content (AvgIpc) is 3.63. The Labute approximate surface area is 215 Å². The zero-order chi connectivity index (χ0) is 25.8. The van der Waals surface area contributed by atoms with Crippen molar-refractivity contribution in [3.8, 4) is 17.6 Å². The van der Waals surface area contributed by atoms with Crippen molar-refractivity contribution in [2.45, 2.75) is 44.1 Å². The van der Waals surface area contributed by atoms with Crippen molar-refractivity contribution in [2.75, 3.05) is 11.9 Å². The number of aryl methyl sites for hydroxylation is 1. The number of benzene rings is 3. The Bertz CT molecular complexity index is 1360. The maximum atomic E-state index is 13.4. The van der Waals surface area contributed by atoms with Gasteiger partial charge < -0.3 is 19.9 Å². The van der Waals surface area contributed by atoms with Crippen molar-refractivity contribution >= 4 is 17.6 Å². The molecule has 1 amide bonds. The summed E-state index contributed by atoms with van der Waals surface area (Å²) in [7, 11) is 0. The number of nitrogens with one attached hydrogen (secondary N) is 1. The van der Waals surface area contributed by atoms with Crippen LogP contribution in [0, 0.1) is 17.2 Å². The van der Waals surface area contributed by atoms with E-state index >= 15 is 0 Å². The van der Waals surface area contributed by atoms with Crippen LogP contribution >= 0.6 is 0 Å². The maximum Gasteiger partial charge on any atom is 0.303 e. The monoisotopic (exact) mass is 496 g/mol. The lowest BCUT2D eigenvalue weighted by Gasteiger charge is -2.27. The fraction of sp³-hybridized carbons (Fsp3) is 0.300. The van der Waals surface area contributed by atoms with Crippen LogP contribution in [-0.4, -0.2) is 23.6 Å². The summed E-state index contributed by atoms with van der Waals surface area (Å²) >= 11 is 0. The first-order chi connectivity index (χ1) is 18.0. The Morgan fingerprint density at radius 2 is 1.97 bits per heavy atom. The summed E-state index contributed by atoms with van der Waals surface area (Å²) in [5.74, 6) is 0.329. The number of amides is 1. The van der Waals surface area contributed by atoms with Gasteiger partial charge in [0, 0.05) is 35.1 Å². The van der Waals surface area contributed by atoms with Crippen LogP contribution in [0.4, 0.5) is 5.69 Å². The van der Waals surface area contributed by atoms with E-state index in [1.807, 2.05) is 48.5 Å². The molecule has 3 aromatic carbocycles. The molecular weight excluding hydrogens is 468 g/mol. The lowest BCUT2D eigenvalue weighted by atomic mass is 9.87. The van der Waals surface area contributed by atoms with Gasteiger partial charge in [-0.1, -0.05) is 42.5 Å². The highest BCUT2D eigenvalue weighted by molar-refractivity contribution is 5.97. The number of hydrogen-bond donors (Lipinski definition) is 2. The molecule has 5 rings (SSSR count). The number of aliphatic carboxylic acids is 1. The second kappa shape index (κ2) is 10.4. The molecule has 1 saturated carbocycles. The van der Waals surface area contributed by atoms with Gasteiger partial charge in [-0.05, 0) is 55.0 Å². The molecule has 2 atom stereocenters. The number of hydrogen-bond acceptors (Lipinski definition) is 5.